The van der Waals surface area contributed by atoms with Gasteiger partial charge in [0.2, 0.25) is 17.7 Å². The van der Waals surface area contributed by atoms with Crippen LogP contribution in [0.5, 0.6) is 5.75 Å². The van der Waals surface area contributed by atoms with Gasteiger partial charge < -0.3 is 31.9 Å². The van der Waals surface area contributed by atoms with Crippen molar-refractivity contribution in [3.63, 3.8) is 0 Å². The lowest BCUT2D eigenvalue weighted by atomic mass is 9.99. The molecule has 34 heavy (non-hydrogen) atoms. The predicted octanol–water partition coefficient (Wildman–Crippen LogP) is 0.913. The molecule has 0 radical (unpaired) electrons. The number of phenols is 1. The molecule has 10 heteroatoms. The Morgan fingerprint density at radius 3 is 1.56 bits per heavy atom. The van der Waals surface area contributed by atoms with E-state index in [4.69, 9.17) is 5.73 Å². The van der Waals surface area contributed by atoms with E-state index in [-0.39, 0.29) is 30.4 Å². The zero-order valence-corrected chi connectivity index (χ0v) is 20.5. The first-order valence-corrected chi connectivity index (χ1v) is 11.5. The molecule has 1 rings (SSSR count). The molecular weight excluding hydrogens is 440 g/mol. The number of carbonyl (C=O) groups excluding carboxylic acids is 3. The molecule has 3 amide bonds. The zero-order chi connectivity index (χ0) is 26.0. The van der Waals surface area contributed by atoms with E-state index in [0.29, 0.717) is 12.0 Å². The summed E-state index contributed by atoms with van der Waals surface area (Å²) in [5.41, 5.74) is 6.22. The van der Waals surface area contributed by atoms with E-state index in [9.17, 15) is 29.4 Å². The number of carboxylic acid groups (broad SMARTS) is 1. The topological polar surface area (TPSA) is 171 Å². The van der Waals surface area contributed by atoms with Gasteiger partial charge in [-0.15, -0.1) is 0 Å². The van der Waals surface area contributed by atoms with Crippen molar-refractivity contribution >= 4 is 23.7 Å². The van der Waals surface area contributed by atoms with Crippen LogP contribution in [0.3, 0.4) is 0 Å². The van der Waals surface area contributed by atoms with Crippen molar-refractivity contribution in [2.45, 2.75) is 78.0 Å². The van der Waals surface area contributed by atoms with Crippen LogP contribution in [-0.4, -0.2) is 58.1 Å². The van der Waals surface area contributed by atoms with Crippen LogP contribution in [0.1, 0.15) is 53.0 Å². The summed E-state index contributed by atoms with van der Waals surface area (Å²) in [6, 6.07) is 2.11. The van der Waals surface area contributed by atoms with E-state index in [0.717, 1.165) is 0 Å². The monoisotopic (exact) mass is 478 g/mol. The summed E-state index contributed by atoms with van der Waals surface area (Å²) in [6.45, 7) is 9.06. The molecule has 7 N–H and O–H groups in total. The standard InChI is InChI=1S/C24H38N4O6/c1-13(2)10-18(26-21(30)15(5)25)22(31)27-19(11-14(3)4)23(32)28-20(24(33)34)12-16-6-8-17(29)9-7-16/h6-9,13-15,18-20,29H,10-12,25H2,1-5H3,(H,26,30)(H,27,31)(H,28,32)(H,33,34). The second-order valence-electron chi connectivity index (χ2n) is 9.44. The number of hydrogen-bond acceptors (Lipinski definition) is 6. The molecule has 0 spiro atoms. The SMILES string of the molecule is CC(C)CC(NC(=O)C(C)N)C(=O)NC(CC(C)C)C(=O)NC(Cc1ccc(O)cc1)C(=O)O. The Hall–Kier alpha value is -3.14. The maximum Gasteiger partial charge on any atom is 0.326 e. The number of rotatable bonds is 13. The van der Waals surface area contributed by atoms with Crippen LogP contribution in [0.15, 0.2) is 24.3 Å². The van der Waals surface area contributed by atoms with Crippen molar-refractivity contribution in [1.82, 2.24) is 16.0 Å². The molecule has 1 aromatic carbocycles. The van der Waals surface area contributed by atoms with Crippen LogP contribution in [-0.2, 0) is 25.6 Å². The second kappa shape index (κ2) is 13.5. The largest absolute Gasteiger partial charge is 0.508 e. The molecule has 0 fully saturated rings. The maximum atomic E-state index is 13.0. The summed E-state index contributed by atoms with van der Waals surface area (Å²) in [5, 5.41) is 26.8. The van der Waals surface area contributed by atoms with Gasteiger partial charge in [0.25, 0.3) is 0 Å². The quantitative estimate of drug-likeness (QED) is 0.245. The minimum absolute atomic E-state index is 0.00409. The highest BCUT2D eigenvalue weighted by atomic mass is 16.4. The number of nitrogens with one attached hydrogen (secondary N) is 3. The minimum atomic E-state index is -1.23. The third-order valence-electron chi connectivity index (χ3n) is 5.08. The van der Waals surface area contributed by atoms with Gasteiger partial charge in [-0.25, -0.2) is 4.79 Å². The average molecular weight is 479 g/mol. The van der Waals surface area contributed by atoms with E-state index < -0.39 is 47.9 Å². The highest BCUT2D eigenvalue weighted by molar-refractivity contribution is 5.94. The number of nitrogens with two attached hydrogens (primary N) is 1. The molecule has 10 nitrogen and oxygen atoms in total. The number of carboxylic acids is 1. The molecule has 0 bridgehead atoms. The molecule has 0 saturated carbocycles. The van der Waals surface area contributed by atoms with Gasteiger partial charge >= 0.3 is 5.97 Å². The molecule has 0 saturated heterocycles. The van der Waals surface area contributed by atoms with Gasteiger partial charge in [-0.2, -0.15) is 0 Å². The molecule has 0 aliphatic heterocycles. The number of aliphatic carboxylic acids is 1. The van der Waals surface area contributed by atoms with E-state index in [2.05, 4.69) is 16.0 Å². The van der Waals surface area contributed by atoms with Gasteiger partial charge in [-0.1, -0.05) is 39.8 Å². The number of benzene rings is 1. The van der Waals surface area contributed by atoms with E-state index in [1.54, 1.807) is 12.1 Å². The Balaban J connectivity index is 3.00. The van der Waals surface area contributed by atoms with Crippen LogP contribution in [0.4, 0.5) is 0 Å². The Morgan fingerprint density at radius 1 is 0.765 bits per heavy atom. The Morgan fingerprint density at radius 2 is 1.18 bits per heavy atom. The lowest BCUT2D eigenvalue weighted by molar-refractivity contribution is -0.142. The van der Waals surface area contributed by atoms with Crippen molar-refractivity contribution in [2.75, 3.05) is 0 Å². The predicted molar refractivity (Wildman–Crippen MR) is 128 cm³/mol. The first-order valence-electron chi connectivity index (χ1n) is 11.5. The van der Waals surface area contributed by atoms with Gasteiger partial charge in [-0.05, 0) is 49.3 Å². The maximum absolute atomic E-state index is 13.0. The number of amides is 3. The van der Waals surface area contributed by atoms with Crippen LogP contribution in [0.25, 0.3) is 0 Å². The summed E-state index contributed by atoms with van der Waals surface area (Å²) in [7, 11) is 0. The molecule has 190 valence electrons. The van der Waals surface area contributed by atoms with Gasteiger partial charge in [0, 0.05) is 6.42 Å². The van der Waals surface area contributed by atoms with E-state index >= 15 is 0 Å². The molecular formula is C24H38N4O6. The minimum Gasteiger partial charge on any atom is -0.508 e. The normalized spacial score (nSPS) is 14.7. The van der Waals surface area contributed by atoms with Gasteiger partial charge in [-0.3, -0.25) is 14.4 Å². The van der Waals surface area contributed by atoms with E-state index in [1.807, 2.05) is 27.7 Å². The fraction of sp³-hybridized carbons (Fsp3) is 0.583. The Bertz CT molecular complexity index is 838. The summed E-state index contributed by atoms with van der Waals surface area (Å²) >= 11 is 0. The zero-order valence-electron chi connectivity index (χ0n) is 20.5. The highest BCUT2D eigenvalue weighted by Gasteiger charge is 2.30. The van der Waals surface area contributed by atoms with Crippen molar-refractivity contribution in [3.05, 3.63) is 29.8 Å². The van der Waals surface area contributed by atoms with Crippen LogP contribution < -0.4 is 21.7 Å². The van der Waals surface area contributed by atoms with E-state index in [1.165, 1.54) is 19.1 Å². The summed E-state index contributed by atoms with van der Waals surface area (Å²) in [6.07, 6.45) is 0.627. The van der Waals surface area contributed by atoms with Gasteiger partial charge in [0.1, 0.15) is 23.9 Å². The van der Waals surface area contributed by atoms with Crippen molar-refractivity contribution in [2.24, 2.45) is 17.6 Å². The fourth-order valence-electron chi connectivity index (χ4n) is 3.32. The number of carbonyl (C=O) groups is 4. The molecule has 0 aromatic heterocycles. The molecule has 4 unspecified atom stereocenters. The molecule has 0 heterocycles. The van der Waals surface area contributed by atoms with Crippen molar-refractivity contribution < 1.29 is 29.4 Å². The summed E-state index contributed by atoms with van der Waals surface area (Å²) < 4.78 is 0. The first kappa shape index (κ1) is 28.9. The summed E-state index contributed by atoms with van der Waals surface area (Å²) in [5.74, 6) is -2.71. The smallest absolute Gasteiger partial charge is 0.326 e. The average Bonchev–Trinajstić information content (AvgIpc) is 2.72. The molecule has 1 aromatic rings. The summed E-state index contributed by atoms with van der Waals surface area (Å²) in [4.78, 5) is 49.9. The van der Waals surface area contributed by atoms with Crippen molar-refractivity contribution in [3.8, 4) is 5.75 Å². The molecule has 4 atom stereocenters. The number of hydrogen-bond donors (Lipinski definition) is 6. The van der Waals surface area contributed by atoms with Crippen molar-refractivity contribution in [1.29, 1.82) is 0 Å². The second-order valence-corrected chi connectivity index (χ2v) is 9.44. The molecule has 0 aliphatic rings. The van der Waals surface area contributed by atoms with Gasteiger partial charge in [0.15, 0.2) is 0 Å². The third-order valence-corrected chi connectivity index (χ3v) is 5.08. The lowest BCUT2D eigenvalue weighted by Gasteiger charge is -2.26. The van der Waals surface area contributed by atoms with Crippen LogP contribution >= 0.6 is 0 Å². The Labute approximate surface area is 200 Å². The van der Waals surface area contributed by atoms with Crippen LogP contribution in [0.2, 0.25) is 0 Å². The van der Waals surface area contributed by atoms with Gasteiger partial charge in [0.05, 0.1) is 6.04 Å². The van der Waals surface area contributed by atoms with Crippen LogP contribution in [0, 0.1) is 11.8 Å². The first-order chi connectivity index (χ1) is 15.8. The fourth-order valence-corrected chi connectivity index (χ4v) is 3.32. The number of phenolic OH excluding ortho intramolecular Hbond substituents is 1. The highest BCUT2D eigenvalue weighted by Crippen LogP contribution is 2.13. The number of aromatic hydroxyl groups is 1. The lowest BCUT2D eigenvalue weighted by Crippen LogP contribution is -2.57. The third kappa shape index (κ3) is 10.2. The molecule has 0 aliphatic carbocycles. The Kier molecular flexibility index (Phi) is 11.5.